The largest absolute Gasteiger partial charge is 0.479 e. The highest BCUT2D eigenvalue weighted by atomic mass is 19.2. The van der Waals surface area contributed by atoms with Crippen molar-refractivity contribution in [2.45, 2.75) is 12.5 Å². The molecular formula is C21H24F4N6O3. The molecule has 0 amide bonds. The molecule has 0 aliphatic carbocycles. The van der Waals surface area contributed by atoms with Crippen LogP contribution in [0.15, 0.2) is 17.1 Å². The number of methoxy groups -OCH3 is 1. The van der Waals surface area contributed by atoms with E-state index in [1.807, 2.05) is 0 Å². The molecule has 1 unspecified atom stereocenters. The molecule has 1 aromatic carbocycles. The topological polar surface area (TPSA) is 106 Å². The summed E-state index contributed by atoms with van der Waals surface area (Å²) in [5.41, 5.74) is 4.11. The van der Waals surface area contributed by atoms with Gasteiger partial charge in [0.2, 0.25) is 11.8 Å². The molecule has 1 aromatic heterocycles. The van der Waals surface area contributed by atoms with Crippen LogP contribution in [0.2, 0.25) is 0 Å². The van der Waals surface area contributed by atoms with Crippen LogP contribution in [-0.2, 0) is 15.1 Å². The number of hydrogen-bond acceptors (Lipinski definition) is 7. The van der Waals surface area contributed by atoms with Gasteiger partial charge >= 0.3 is 0 Å². The lowest BCUT2D eigenvalue weighted by Gasteiger charge is -2.32. The third-order valence-corrected chi connectivity index (χ3v) is 5.61. The molecule has 9 nitrogen and oxygen atoms in total. The van der Waals surface area contributed by atoms with Crippen molar-refractivity contribution in [3.8, 4) is 5.88 Å². The molecule has 2 N–H and O–H groups in total. The summed E-state index contributed by atoms with van der Waals surface area (Å²) in [6.07, 6.45) is 0. The maximum atomic E-state index is 15.1. The first-order chi connectivity index (χ1) is 16.0. The Morgan fingerprint density at radius 3 is 2.56 bits per heavy atom. The van der Waals surface area contributed by atoms with Gasteiger partial charge in [0.05, 0.1) is 26.0 Å². The average Bonchev–Trinajstić information content (AvgIpc) is 3.15. The molecule has 2 heterocycles. The highest BCUT2D eigenvalue weighted by molar-refractivity contribution is 5.78. The molecular weight excluding hydrogens is 460 g/mol. The third-order valence-electron chi connectivity index (χ3n) is 5.61. The Bertz CT molecular complexity index is 1120. The summed E-state index contributed by atoms with van der Waals surface area (Å²) in [5, 5.41) is 0. The van der Waals surface area contributed by atoms with E-state index in [0.29, 0.717) is 12.1 Å². The van der Waals surface area contributed by atoms with Crippen LogP contribution < -0.4 is 15.4 Å². The molecule has 1 fully saturated rings. The van der Waals surface area contributed by atoms with Crippen LogP contribution in [0.4, 0.5) is 23.5 Å². The van der Waals surface area contributed by atoms with Gasteiger partial charge in [0.1, 0.15) is 11.4 Å². The minimum absolute atomic E-state index is 0.00430. The van der Waals surface area contributed by atoms with Crippen molar-refractivity contribution in [3.05, 3.63) is 46.7 Å². The van der Waals surface area contributed by atoms with Gasteiger partial charge in [-0.05, 0) is 13.0 Å². The Labute approximate surface area is 193 Å². The van der Waals surface area contributed by atoms with Crippen molar-refractivity contribution >= 4 is 18.4 Å². The van der Waals surface area contributed by atoms with Gasteiger partial charge in [0.15, 0.2) is 17.6 Å². The lowest BCUT2D eigenvalue weighted by molar-refractivity contribution is -0.130. The van der Waals surface area contributed by atoms with Gasteiger partial charge in [-0.25, -0.2) is 23.1 Å². The molecule has 34 heavy (non-hydrogen) atoms. The summed E-state index contributed by atoms with van der Waals surface area (Å²) < 4.78 is 67.2. The SMILES string of the molecule is COc1nc(N2CC(COC=O)[C@](N=C(N)N(C)C)(c3cc(F)c(F)cc3F)C2)nc(C)c1F. The first kappa shape index (κ1) is 25.0. The van der Waals surface area contributed by atoms with Gasteiger partial charge in [0.25, 0.3) is 12.4 Å². The Morgan fingerprint density at radius 2 is 1.94 bits per heavy atom. The van der Waals surface area contributed by atoms with E-state index in [2.05, 4.69) is 15.0 Å². The number of nitrogens with two attached hydrogens (primary N) is 1. The van der Waals surface area contributed by atoms with Crippen LogP contribution in [0.3, 0.4) is 0 Å². The van der Waals surface area contributed by atoms with Gasteiger partial charge in [-0.2, -0.15) is 9.37 Å². The number of nitrogens with zero attached hydrogens (tertiary/aromatic N) is 5. The first-order valence-electron chi connectivity index (χ1n) is 10.1. The molecule has 0 saturated carbocycles. The average molecular weight is 484 g/mol. The molecule has 1 aliphatic rings. The van der Waals surface area contributed by atoms with Crippen molar-refractivity contribution in [1.29, 1.82) is 0 Å². The number of rotatable bonds is 7. The zero-order valence-corrected chi connectivity index (χ0v) is 19.0. The zero-order chi connectivity index (χ0) is 25.2. The van der Waals surface area contributed by atoms with Crippen LogP contribution >= 0.6 is 0 Å². The summed E-state index contributed by atoms with van der Waals surface area (Å²) in [6.45, 7) is 1.21. The van der Waals surface area contributed by atoms with Gasteiger partial charge in [0, 0.05) is 38.2 Å². The van der Waals surface area contributed by atoms with Crippen molar-refractivity contribution < 1.29 is 31.8 Å². The highest BCUT2D eigenvalue weighted by Crippen LogP contribution is 2.44. The minimum atomic E-state index is -1.64. The van der Waals surface area contributed by atoms with E-state index < -0.39 is 34.7 Å². The molecule has 2 atom stereocenters. The number of halogens is 4. The lowest BCUT2D eigenvalue weighted by atomic mass is 9.81. The van der Waals surface area contributed by atoms with Crippen LogP contribution in [0, 0.1) is 36.1 Å². The second kappa shape index (κ2) is 9.69. The van der Waals surface area contributed by atoms with Crippen molar-refractivity contribution in [3.63, 3.8) is 0 Å². The summed E-state index contributed by atoms with van der Waals surface area (Å²) in [5.74, 6) is -5.62. The Hall–Kier alpha value is -3.64. The van der Waals surface area contributed by atoms with Gasteiger partial charge in [-0.3, -0.25) is 4.79 Å². The number of guanidine groups is 1. The van der Waals surface area contributed by atoms with Crippen molar-refractivity contribution in [1.82, 2.24) is 14.9 Å². The molecule has 3 rings (SSSR count). The fourth-order valence-electron chi connectivity index (χ4n) is 3.85. The van der Waals surface area contributed by atoms with E-state index in [1.54, 1.807) is 14.1 Å². The standard InChI is InChI=1S/C21H24F4N6O3/c1-11-17(25)18(33-4)28-20(27-11)31-7-12(8-34-10-32)21(9-31,29-19(26)30(2)3)13-5-15(23)16(24)6-14(13)22/h5-6,10,12H,7-9H2,1-4H3,(H2,26,29)/t12?,21-/m0/s1. The van der Waals surface area contributed by atoms with E-state index in [9.17, 15) is 18.0 Å². The fourth-order valence-corrected chi connectivity index (χ4v) is 3.85. The first-order valence-corrected chi connectivity index (χ1v) is 10.1. The molecule has 2 aromatic rings. The molecule has 0 bridgehead atoms. The fraction of sp³-hybridized carbons (Fsp3) is 0.429. The normalized spacial score (nSPS) is 20.4. The number of benzene rings is 1. The van der Waals surface area contributed by atoms with Gasteiger partial charge < -0.3 is 25.0 Å². The number of aryl methyl sites for hydroxylation is 1. The Morgan fingerprint density at radius 1 is 1.26 bits per heavy atom. The second-order valence-electron chi connectivity index (χ2n) is 7.97. The third kappa shape index (κ3) is 4.54. The summed E-state index contributed by atoms with van der Waals surface area (Å²) in [6, 6.07) is 1.11. The van der Waals surface area contributed by atoms with Crippen LogP contribution in [0.5, 0.6) is 5.88 Å². The number of carbonyl (C=O) groups is 1. The number of carbonyl (C=O) groups excluding carboxylic acids is 1. The van der Waals surface area contributed by atoms with E-state index >= 15 is 4.39 Å². The Balaban J connectivity index is 2.24. The van der Waals surface area contributed by atoms with E-state index in [4.69, 9.17) is 15.2 Å². The molecule has 184 valence electrons. The Kier molecular flexibility index (Phi) is 7.12. The predicted molar refractivity (Wildman–Crippen MR) is 114 cm³/mol. The van der Waals surface area contributed by atoms with E-state index in [0.717, 1.165) is 0 Å². The van der Waals surface area contributed by atoms with Gasteiger partial charge in [-0.1, -0.05) is 0 Å². The highest BCUT2D eigenvalue weighted by Gasteiger charge is 2.51. The number of anilines is 1. The zero-order valence-electron chi connectivity index (χ0n) is 19.0. The molecule has 1 aliphatic heterocycles. The number of ether oxygens (including phenoxy) is 2. The maximum absolute atomic E-state index is 15.1. The van der Waals surface area contributed by atoms with Gasteiger partial charge in [-0.15, -0.1) is 0 Å². The number of hydrogen-bond donors (Lipinski definition) is 1. The summed E-state index contributed by atoms with van der Waals surface area (Å²) in [4.78, 5) is 26.6. The number of aliphatic imine (C=N–C) groups is 1. The van der Waals surface area contributed by atoms with Crippen LogP contribution in [0.25, 0.3) is 0 Å². The van der Waals surface area contributed by atoms with Crippen LogP contribution in [0.1, 0.15) is 11.3 Å². The molecule has 0 radical (unpaired) electrons. The van der Waals surface area contributed by atoms with E-state index in [-0.39, 0.29) is 55.2 Å². The number of aromatic nitrogens is 2. The van der Waals surface area contributed by atoms with Crippen LogP contribution in [-0.4, -0.2) is 68.2 Å². The summed E-state index contributed by atoms with van der Waals surface area (Å²) >= 11 is 0. The predicted octanol–water partition coefficient (Wildman–Crippen LogP) is 1.73. The van der Waals surface area contributed by atoms with E-state index in [1.165, 1.54) is 23.8 Å². The maximum Gasteiger partial charge on any atom is 0.293 e. The minimum Gasteiger partial charge on any atom is -0.479 e. The van der Waals surface area contributed by atoms with Crippen molar-refractivity contribution in [2.24, 2.45) is 16.6 Å². The summed E-state index contributed by atoms with van der Waals surface area (Å²) in [7, 11) is 4.42. The van der Waals surface area contributed by atoms with Crippen molar-refractivity contribution in [2.75, 3.05) is 45.8 Å². The smallest absolute Gasteiger partial charge is 0.293 e. The molecule has 0 spiro atoms. The lowest BCUT2D eigenvalue weighted by Crippen LogP contribution is -2.42. The molecule has 1 saturated heterocycles. The monoisotopic (exact) mass is 484 g/mol. The second-order valence-corrected chi connectivity index (χ2v) is 7.97. The molecule has 13 heteroatoms. The quantitative estimate of drug-likeness (QED) is 0.208.